The zero-order valence-corrected chi connectivity index (χ0v) is 14.2. The van der Waals surface area contributed by atoms with Crippen LogP contribution in [0.5, 0.6) is 5.75 Å². The highest BCUT2D eigenvalue weighted by atomic mass is 35.5. The SMILES string of the molecule is COc1ccccc1Nc1ccc(NC(=O)c2ccccc2Cl)cn1. The molecule has 0 unspecified atom stereocenters. The van der Waals surface area contributed by atoms with Gasteiger partial charge in [0.05, 0.1) is 35.3 Å². The number of amides is 1. The van der Waals surface area contributed by atoms with Crippen LogP contribution in [0.2, 0.25) is 5.02 Å². The summed E-state index contributed by atoms with van der Waals surface area (Å²) in [7, 11) is 1.61. The highest BCUT2D eigenvalue weighted by molar-refractivity contribution is 6.34. The summed E-state index contributed by atoms with van der Waals surface area (Å²) in [5.41, 5.74) is 1.81. The van der Waals surface area contributed by atoms with E-state index in [1.165, 1.54) is 0 Å². The van der Waals surface area contributed by atoms with Gasteiger partial charge in [0.1, 0.15) is 11.6 Å². The van der Waals surface area contributed by atoms with Crippen molar-refractivity contribution in [2.75, 3.05) is 17.7 Å². The number of rotatable bonds is 5. The maximum Gasteiger partial charge on any atom is 0.257 e. The third-order valence-corrected chi connectivity index (χ3v) is 3.84. The van der Waals surface area contributed by atoms with E-state index in [1.807, 2.05) is 24.3 Å². The third-order valence-electron chi connectivity index (χ3n) is 3.51. The van der Waals surface area contributed by atoms with Crippen molar-refractivity contribution in [3.63, 3.8) is 0 Å². The molecule has 25 heavy (non-hydrogen) atoms. The minimum Gasteiger partial charge on any atom is -0.495 e. The summed E-state index contributed by atoms with van der Waals surface area (Å²) in [5, 5.41) is 6.35. The van der Waals surface area contributed by atoms with Crippen LogP contribution in [0.4, 0.5) is 17.2 Å². The molecule has 0 spiro atoms. The van der Waals surface area contributed by atoms with Crippen LogP contribution >= 0.6 is 11.6 Å². The number of hydrogen-bond donors (Lipinski definition) is 2. The average molecular weight is 354 g/mol. The van der Waals surface area contributed by atoms with E-state index in [9.17, 15) is 4.79 Å². The molecule has 2 aromatic carbocycles. The van der Waals surface area contributed by atoms with Gasteiger partial charge in [-0.15, -0.1) is 0 Å². The van der Waals surface area contributed by atoms with Gasteiger partial charge in [0.15, 0.2) is 0 Å². The van der Waals surface area contributed by atoms with Gasteiger partial charge in [-0.2, -0.15) is 0 Å². The van der Waals surface area contributed by atoms with E-state index in [2.05, 4.69) is 15.6 Å². The summed E-state index contributed by atoms with van der Waals surface area (Å²) in [6.07, 6.45) is 1.58. The number of ether oxygens (including phenoxy) is 1. The Bertz CT molecular complexity index is 882. The first kappa shape index (κ1) is 16.8. The Morgan fingerprint density at radius 2 is 1.80 bits per heavy atom. The lowest BCUT2D eigenvalue weighted by Crippen LogP contribution is -2.12. The van der Waals surface area contributed by atoms with Crippen molar-refractivity contribution >= 4 is 34.7 Å². The summed E-state index contributed by atoms with van der Waals surface area (Å²) in [5.74, 6) is 1.08. The molecule has 3 rings (SSSR count). The van der Waals surface area contributed by atoms with Crippen LogP contribution < -0.4 is 15.4 Å². The molecular weight excluding hydrogens is 338 g/mol. The van der Waals surface area contributed by atoms with Crippen LogP contribution in [0, 0.1) is 0 Å². The van der Waals surface area contributed by atoms with Crippen molar-refractivity contribution in [2.24, 2.45) is 0 Å². The second kappa shape index (κ2) is 7.68. The quantitative estimate of drug-likeness (QED) is 0.695. The van der Waals surface area contributed by atoms with Gasteiger partial charge in [0.25, 0.3) is 5.91 Å². The molecule has 0 aliphatic heterocycles. The minimum atomic E-state index is -0.280. The Morgan fingerprint density at radius 3 is 2.52 bits per heavy atom. The number of hydrogen-bond acceptors (Lipinski definition) is 4. The predicted molar refractivity (Wildman–Crippen MR) is 99.9 cm³/mol. The Balaban J connectivity index is 1.70. The van der Waals surface area contributed by atoms with Gasteiger partial charge in [-0.05, 0) is 36.4 Å². The van der Waals surface area contributed by atoms with E-state index in [0.29, 0.717) is 22.1 Å². The van der Waals surface area contributed by atoms with Crippen LogP contribution in [-0.4, -0.2) is 18.0 Å². The Kier molecular flexibility index (Phi) is 5.16. The molecule has 1 heterocycles. The fraction of sp³-hybridized carbons (Fsp3) is 0.0526. The first-order chi connectivity index (χ1) is 12.2. The minimum absolute atomic E-state index is 0.280. The number of carbonyl (C=O) groups excluding carboxylic acids is 1. The molecule has 0 saturated carbocycles. The van der Waals surface area contributed by atoms with Crippen LogP contribution in [0.1, 0.15) is 10.4 Å². The normalized spacial score (nSPS) is 10.2. The van der Waals surface area contributed by atoms with Crippen molar-refractivity contribution in [3.8, 4) is 5.75 Å². The van der Waals surface area contributed by atoms with Gasteiger partial charge in [-0.25, -0.2) is 4.98 Å². The Hall–Kier alpha value is -3.05. The maximum absolute atomic E-state index is 12.2. The lowest BCUT2D eigenvalue weighted by atomic mass is 10.2. The monoisotopic (exact) mass is 353 g/mol. The molecule has 0 radical (unpaired) electrons. The number of anilines is 3. The lowest BCUT2D eigenvalue weighted by Gasteiger charge is -2.11. The number of nitrogens with one attached hydrogen (secondary N) is 2. The van der Waals surface area contributed by atoms with Crippen molar-refractivity contribution in [2.45, 2.75) is 0 Å². The number of benzene rings is 2. The van der Waals surface area contributed by atoms with E-state index in [0.717, 1.165) is 11.4 Å². The van der Waals surface area contributed by atoms with Gasteiger partial charge in [-0.1, -0.05) is 35.9 Å². The first-order valence-electron chi connectivity index (χ1n) is 7.59. The van der Waals surface area contributed by atoms with Crippen LogP contribution in [0.3, 0.4) is 0 Å². The number of aromatic nitrogens is 1. The van der Waals surface area contributed by atoms with E-state index < -0.39 is 0 Å². The van der Waals surface area contributed by atoms with Crippen molar-refractivity contribution in [3.05, 3.63) is 77.4 Å². The number of pyridine rings is 1. The van der Waals surface area contributed by atoms with Gasteiger partial charge < -0.3 is 15.4 Å². The molecule has 0 atom stereocenters. The molecule has 3 aromatic rings. The molecule has 1 amide bonds. The average Bonchev–Trinajstić information content (AvgIpc) is 2.64. The summed E-state index contributed by atoms with van der Waals surface area (Å²) < 4.78 is 5.29. The number of nitrogens with zero attached hydrogens (tertiary/aromatic N) is 1. The summed E-state index contributed by atoms with van der Waals surface area (Å²) in [4.78, 5) is 16.5. The Labute approximate surface area is 150 Å². The molecule has 2 N–H and O–H groups in total. The van der Waals surface area contributed by atoms with E-state index >= 15 is 0 Å². The Morgan fingerprint density at radius 1 is 1.04 bits per heavy atom. The molecule has 1 aromatic heterocycles. The molecule has 0 aliphatic rings. The number of carbonyl (C=O) groups is 1. The molecule has 6 heteroatoms. The smallest absolute Gasteiger partial charge is 0.257 e. The van der Waals surface area contributed by atoms with Crippen molar-refractivity contribution in [1.29, 1.82) is 0 Å². The predicted octanol–water partition coefficient (Wildman–Crippen LogP) is 4.74. The third kappa shape index (κ3) is 4.08. The molecular formula is C19H16ClN3O2. The molecule has 0 bridgehead atoms. The summed E-state index contributed by atoms with van der Waals surface area (Å²) in [6.45, 7) is 0. The fourth-order valence-electron chi connectivity index (χ4n) is 2.27. The zero-order chi connectivity index (χ0) is 17.6. The van der Waals surface area contributed by atoms with Crippen LogP contribution in [0.15, 0.2) is 66.9 Å². The lowest BCUT2D eigenvalue weighted by molar-refractivity contribution is 0.102. The summed E-state index contributed by atoms with van der Waals surface area (Å²) >= 11 is 6.03. The van der Waals surface area contributed by atoms with E-state index in [1.54, 1.807) is 49.7 Å². The molecule has 0 aliphatic carbocycles. The van der Waals surface area contributed by atoms with E-state index in [-0.39, 0.29) is 5.91 Å². The topological polar surface area (TPSA) is 63.2 Å². The standard InChI is InChI=1S/C19H16ClN3O2/c1-25-17-9-5-4-8-16(17)23-18-11-10-13(12-21-18)22-19(24)14-6-2-3-7-15(14)20/h2-12H,1H3,(H,21,23)(H,22,24). The van der Waals surface area contributed by atoms with Crippen LogP contribution in [-0.2, 0) is 0 Å². The molecule has 0 saturated heterocycles. The van der Waals surface area contributed by atoms with Gasteiger partial charge >= 0.3 is 0 Å². The molecule has 5 nitrogen and oxygen atoms in total. The molecule has 0 fully saturated rings. The largest absolute Gasteiger partial charge is 0.495 e. The second-order valence-corrected chi connectivity index (χ2v) is 5.60. The molecule has 126 valence electrons. The number of halogens is 1. The van der Waals surface area contributed by atoms with Crippen molar-refractivity contribution < 1.29 is 9.53 Å². The highest BCUT2D eigenvalue weighted by Gasteiger charge is 2.10. The summed E-state index contributed by atoms with van der Waals surface area (Å²) in [6, 6.07) is 18.0. The zero-order valence-electron chi connectivity index (χ0n) is 13.5. The van der Waals surface area contributed by atoms with Gasteiger partial charge in [0.2, 0.25) is 0 Å². The number of methoxy groups -OCH3 is 1. The highest BCUT2D eigenvalue weighted by Crippen LogP contribution is 2.26. The number of para-hydroxylation sites is 2. The first-order valence-corrected chi connectivity index (χ1v) is 7.97. The van der Waals surface area contributed by atoms with Gasteiger partial charge in [-0.3, -0.25) is 4.79 Å². The van der Waals surface area contributed by atoms with E-state index in [4.69, 9.17) is 16.3 Å². The fourth-order valence-corrected chi connectivity index (χ4v) is 2.49. The van der Waals surface area contributed by atoms with Crippen LogP contribution in [0.25, 0.3) is 0 Å². The second-order valence-electron chi connectivity index (χ2n) is 5.19. The maximum atomic E-state index is 12.2. The van der Waals surface area contributed by atoms with Crippen molar-refractivity contribution in [1.82, 2.24) is 4.98 Å². The van der Waals surface area contributed by atoms with Gasteiger partial charge in [0, 0.05) is 0 Å².